The average molecular weight is 347 g/mol. The van der Waals surface area contributed by atoms with E-state index in [1.165, 1.54) is 6.33 Å². The number of rotatable bonds is 1. The van der Waals surface area contributed by atoms with E-state index in [4.69, 9.17) is 11.6 Å². The SMILES string of the molecule is CC(Br)c1ncnc(Cl)c1I. The summed E-state index contributed by atoms with van der Waals surface area (Å²) >= 11 is 11.3. The molecule has 0 aliphatic carbocycles. The highest BCUT2D eigenvalue weighted by Crippen LogP contribution is 2.27. The van der Waals surface area contributed by atoms with Gasteiger partial charge in [-0.3, -0.25) is 0 Å². The van der Waals surface area contributed by atoms with Crippen LogP contribution in [0.15, 0.2) is 6.33 Å². The van der Waals surface area contributed by atoms with E-state index in [0.717, 1.165) is 9.26 Å². The third-order valence-electron chi connectivity index (χ3n) is 1.15. The highest BCUT2D eigenvalue weighted by molar-refractivity contribution is 14.1. The van der Waals surface area contributed by atoms with Gasteiger partial charge in [-0.1, -0.05) is 27.5 Å². The molecule has 0 saturated heterocycles. The van der Waals surface area contributed by atoms with Crippen LogP contribution in [0.25, 0.3) is 0 Å². The summed E-state index contributed by atoms with van der Waals surface area (Å²) in [6, 6.07) is 0. The Morgan fingerprint density at radius 3 is 2.73 bits per heavy atom. The zero-order valence-electron chi connectivity index (χ0n) is 5.68. The normalized spacial score (nSPS) is 13.1. The number of nitrogens with zero attached hydrogens (tertiary/aromatic N) is 2. The molecule has 0 aromatic carbocycles. The molecule has 0 spiro atoms. The minimum Gasteiger partial charge on any atom is -0.239 e. The molecule has 0 bridgehead atoms. The smallest absolute Gasteiger partial charge is 0.146 e. The van der Waals surface area contributed by atoms with Crippen LogP contribution in [0.1, 0.15) is 17.4 Å². The molecule has 0 aliphatic heterocycles. The lowest BCUT2D eigenvalue weighted by Crippen LogP contribution is -1.96. The lowest BCUT2D eigenvalue weighted by atomic mass is 10.3. The predicted octanol–water partition coefficient (Wildman–Crippen LogP) is 3.19. The minimum atomic E-state index is 0.218. The topological polar surface area (TPSA) is 25.8 Å². The fraction of sp³-hybridized carbons (Fsp3) is 0.333. The molecular weight excluding hydrogens is 342 g/mol. The maximum atomic E-state index is 5.78. The Labute approximate surface area is 92.0 Å². The van der Waals surface area contributed by atoms with Crippen molar-refractivity contribution in [3.05, 3.63) is 20.7 Å². The number of hydrogen-bond donors (Lipinski definition) is 0. The van der Waals surface area contributed by atoms with Crippen LogP contribution >= 0.6 is 50.1 Å². The van der Waals surface area contributed by atoms with Crippen LogP contribution in [-0.4, -0.2) is 9.97 Å². The second-order valence-corrected chi connectivity index (χ2v) is 4.79. The van der Waals surface area contributed by atoms with Crippen LogP contribution in [0.3, 0.4) is 0 Å². The molecule has 0 N–H and O–H groups in total. The number of hydrogen-bond acceptors (Lipinski definition) is 2. The van der Waals surface area contributed by atoms with Crippen molar-refractivity contribution in [3.63, 3.8) is 0 Å². The van der Waals surface area contributed by atoms with Gasteiger partial charge in [-0.05, 0) is 29.5 Å². The van der Waals surface area contributed by atoms with Gasteiger partial charge in [0.1, 0.15) is 11.5 Å². The van der Waals surface area contributed by atoms with Crippen molar-refractivity contribution in [2.45, 2.75) is 11.8 Å². The number of alkyl halides is 1. The van der Waals surface area contributed by atoms with Gasteiger partial charge in [0.2, 0.25) is 0 Å². The molecule has 5 heteroatoms. The molecule has 1 rings (SSSR count). The van der Waals surface area contributed by atoms with Crippen LogP contribution in [0.2, 0.25) is 5.15 Å². The summed E-state index contributed by atoms with van der Waals surface area (Å²) in [5.41, 5.74) is 0.936. The van der Waals surface area contributed by atoms with Gasteiger partial charge >= 0.3 is 0 Å². The molecule has 2 nitrogen and oxygen atoms in total. The molecule has 1 aromatic heterocycles. The molecule has 1 aromatic rings. The zero-order valence-corrected chi connectivity index (χ0v) is 10.2. The summed E-state index contributed by atoms with van der Waals surface area (Å²) in [5.74, 6) is 0. The van der Waals surface area contributed by atoms with E-state index >= 15 is 0 Å². The predicted molar refractivity (Wildman–Crippen MR) is 57.1 cm³/mol. The molecule has 11 heavy (non-hydrogen) atoms. The molecule has 0 saturated carbocycles. The van der Waals surface area contributed by atoms with Crippen molar-refractivity contribution >= 4 is 50.1 Å². The van der Waals surface area contributed by atoms with Gasteiger partial charge in [0.25, 0.3) is 0 Å². The van der Waals surface area contributed by atoms with Crippen molar-refractivity contribution in [1.82, 2.24) is 9.97 Å². The molecule has 1 atom stereocenters. The van der Waals surface area contributed by atoms with Gasteiger partial charge in [-0.2, -0.15) is 0 Å². The molecule has 0 amide bonds. The van der Waals surface area contributed by atoms with Crippen molar-refractivity contribution in [1.29, 1.82) is 0 Å². The Balaban J connectivity index is 3.17. The van der Waals surface area contributed by atoms with Crippen LogP contribution < -0.4 is 0 Å². The van der Waals surface area contributed by atoms with Gasteiger partial charge in [-0.15, -0.1) is 0 Å². The van der Waals surface area contributed by atoms with Crippen LogP contribution in [0, 0.1) is 3.57 Å². The van der Waals surface area contributed by atoms with Gasteiger partial charge in [-0.25, -0.2) is 9.97 Å². The first kappa shape index (κ1) is 9.67. The summed E-state index contributed by atoms with van der Waals surface area (Å²) in [5, 5.41) is 0.516. The average Bonchev–Trinajstić information content (AvgIpc) is 1.94. The second kappa shape index (κ2) is 4.00. The van der Waals surface area contributed by atoms with Gasteiger partial charge < -0.3 is 0 Å². The van der Waals surface area contributed by atoms with E-state index in [9.17, 15) is 0 Å². The first-order valence-electron chi connectivity index (χ1n) is 2.93. The first-order valence-corrected chi connectivity index (χ1v) is 5.30. The number of halogens is 3. The van der Waals surface area contributed by atoms with Crippen molar-refractivity contribution < 1.29 is 0 Å². The minimum absolute atomic E-state index is 0.218. The second-order valence-electron chi connectivity index (χ2n) is 1.98. The molecule has 1 unspecified atom stereocenters. The molecular formula is C6H5BrClIN2. The molecule has 60 valence electrons. The molecule has 0 fully saturated rings. The largest absolute Gasteiger partial charge is 0.239 e. The quantitative estimate of drug-likeness (QED) is 0.443. The van der Waals surface area contributed by atoms with Gasteiger partial charge in [0, 0.05) is 0 Å². The van der Waals surface area contributed by atoms with E-state index < -0.39 is 0 Å². The highest BCUT2D eigenvalue weighted by atomic mass is 127. The number of aromatic nitrogens is 2. The summed E-state index contributed by atoms with van der Waals surface area (Å²) in [4.78, 5) is 8.15. The fourth-order valence-electron chi connectivity index (χ4n) is 0.638. The van der Waals surface area contributed by atoms with Gasteiger partial charge in [0.15, 0.2) is 0 Å². The lowest BCUT2D eigenvalue weighted by Gasteiger charge is -2.04. The summed E-state index contributed by atoms with van der Waals surface area (Å²) in [6.07, 6.45) is 1.47. The standard InChI is InChI=1S/C6H5BrClIN2/c1-3(7)5-4(9)6(8)11-2-10-5/h2-3H,1H3. The maximum absolute atomic E-state index is 5.78. The van der Waals surface area contributed by atoms with E-state index in [1.54, 1.807) is 0 Å². The molecule has 0 radical (unpaired) electrons. The third kappa shape index (κ3) is 2.26. The first-order chi connectivity index (χ1) is 5.13. The maximum Gasteiger partial charge on any atom is 0.146 e. The van der Waals surface area contributed by atoms with E-state index in [-0.39, 0.29) is 4.83 Å². The Hall–Kier alpha value is 0.580. The fourth-order valence-corrected chi connectivity index (χ4v) is 2.30. The highest BCUT2D eigenvalue weighted by Gasteiger charge is 2.10. The Kier molecular flexibility index (Phi) is 3.52. The Morgan fingerprint density at radius 2 is 2.27 bits per heavy atom. The van der Waals surface area contributed by atoms with E-state index in [1.807, 2.05) is 6.92 Å². The monoisotopic (exact) mass is 346 g/mol. The molecule has 0 aliphatic rings. The van der Waals surface area contributed by atoms with E-state index in [0.29, 0.717) is 5.15 Å². The molecule has 1 heterocycles. The van der Waals surface area contributed by atoms with Crippen LogP contribution in [0.4, 0.5) is 0 Å². The zero-order chi connectivity index (χ0) is 8.43. The van der Waals surface area contributed by atoms with E-state index in [2.05, 4.69) is 48.5 Å². The Morgan fingerprint density at radius 1 is 1.64 bits per heavy atom. The van der Waals surface area contributed by atoms with Crippen molar-refractivity contribution in [2.24, 2.45) is 0 Å². The van der Waals surface area contributed by atoms with Crippen LogP contribution in [-0.2, 0) is 0 Å². The van der Waals surface area contributed by atoms with Gasteiger partial charge in [0.05, 0.1) is 14.1 Å². The Bertz CT molecular complexity index is 267. The summed E-state index contributed by atoms with van der Waals surface area (Å²) in [7, 11) is 0. The van der Waals surface area contributed by atoms with Crippen molar-refractivity contribution in [3.8, 4) is 0 Å². The van der Waals surface area contributed by atoms with Crippen molar-refractivity contribution in [2.75, 3.05) is 0 Å². The van der Waals surface area contributed by atoms with Crippen LogP contribution in [0.5, 0.6) is 0 Å². The third-order valence-corrected chi connectivity index (χ3v) is 3.25. The summed E-state index contributed by atoms with van der Waals surface area (Å²) in [6.45, 7) is 2.00. The summed E-state index contributed by atoms with van der Waals surface area (Å²) < 4.78 is 0.913. The lowest BCUT2D eigenvalue weighted by molar-refractivity contribution is 0.974.